The molecule has 20 heavy (non-hydrogen) atoms. The zero-order valence-electron chi connectivity index (χ0n) is 11.7. The quantitative estimate of drug-likeness (QED) is 0.621. The summed E-state index contributed by atoms with van der Waals surface area (Å²) in [5.41, 5.74) is 2.34. The lowest BCUT2D eigenvalue weighted by atomic mass is 9.99. The molecule has 0 bridgehead atoms. The molecule has 2 nitrogen and oxygen atoms in total. The molecule has 1 heterocycles. The van der Waals surface area contributed by atoms with Gasteiger partial charge in [-0.3, -0.25) is 0 Å². The molecule has 3 aromatic rings. The Morgan fingerprint density at radius 2 is 1.85 bits per heavy atom. The van der Waals surface area contributed by atoms with Crippen molar-refractivity contribution < 1.29 is 4.74 Å². The van der Waals surface area contributed by atoms with Gasteiger partial charge in [-0.2, -0.15) is 0 Å². The molecule has 0 radical (unpaired) electrons. The molecule has 0 aliphatic rings. The second-order valence-corrected chi connectivity index (χ2v) is 5.92. The predicted molar refractivity (Wildman–Crippen MR) is 84.8 cm³/mol. The fourth-order valence-electron chi connectivity index (χ4n) is 2.10. The van der Waals surface area contributed by atoms with Gasteiger partial charge in [-0.1, -0.05) is 49.4 Å². The van der Waals surface area contributed by atoms with Gasteiger partial charge in [0.25, 0.3) is 5.19 Å². The maximum absolute atomic E-state index is 5.84. The number of para-hydroxylation sites is 1. The summed E-state index contributed by atoms with van der Waals surface area (Å²) in [5, 5.41) is 0.697. The second kappa shape index (κ2) is 5.63. The number of rotatable bonds is 4. The Labute approximate surface area is 123 Å². The number of hydrogen-bond acceptors (Lipinski definition) is 3. The standard InChI is InChI=1S/C17H17NOS/c1-3-12(2)13-8-10-14(11-9-13)19-17-18-15-6-4-5-7-16(15)20-17/h4-12H,3H2,1-2H3. The van der Waals surface area contributed by atoms with Gasteiger partial charge in [-0.15, -0.1) is 0 Å². The van der Waals surface area contributed by atoms with E-state index in [-0.39, 0.29) is 0 Å². The molecule has 0 fully saturated rings. The summed E-state index contributed by atoms with van der Waals surface area (Å²) in [5.74, 6) is 1.43. The van der Waals surface area contributed by atoms with E-state index in [0.717, 1.165) is 22.4 Å². The molecule has 3 rings (SSSR count). The number of ether oxygens (including phenoxy) is 1. The Morgan fingerprint density at radius 1 is 1.10 bits per heavy atom. The SMILES string of the molecule is CCC(C)c1ccc(Oc2nc3ccccc3s2)cc1. The van der Waals surface area contributed by atoms with E-state index in [1.54, 1.807) is 11.3 Å². The lowest BCUT2D eigenvalue weighted by Gasteiger charge is -2.09. The summed E-state index contributed by atoms with van der Waals surface area (Å²) in [6.45, 7) is 4.44. The van der Waals surface area contributed by atoms with E-state index in [4.69, 9.17) is 4.74 Å². The van der Waals surface area contributed by atoms with E-state index in [2.05, 4.69) is 37.0 Å². The first kappa shape index (κ1) is 13.1. The molecule has 0 spiro atoms. The van der Waals surface area contributed by atoms with E-state index in [0.29, 0.717) is 11.1 Å². The van der Waals surface area contributed by atoms with Crippen molar-refractivity contribution in [2.45, 2.75) is 26.2 Å². The number of aromatic nitrogens is 1. The van der Waals surface area contributed by atoms with Crippen LogP contribution in [-0.4, -0.2) is 4.98 Å². The van der Waals surface area contributed by atoms with Crippen LogP contribution in [0.2, 0.25) is 0 Å². The zero-order valence-corrected chi connectivity index (χ0v) is 12.5. The molecule has 0 N–H and O–H groups in total. The molecule has 0 saturated heterocycles. The van der Waals surface area contributed by atoms with Crippen LogP contribution in [0.5, 0.6) is 10.9 Å². The van der Waals surface area contributed by atoms with E-state index < -0.39 is 0 Å². The van der Waals surface area contributed by atoms with E-state index in [1.165, 1.54) is 5.56 Å². The van der Waals surface area contributed by atoms with Gasteiger partial charge in [0, 0.05) is 0 Å². The lowest BCUT2D eigenvalue weighted by Crippen LogP contribution is -1.91. The van der Waals surface area contributed by atoms with Crippen molar-refractivity contribution >= 4 is 21.6 Å². The van der Waals surface area contributed by atoms with Crippen molar-refractivity contribution in [3.63, 3.8) is 0 Å². The molecule has 1 aromatic heterocycles. The lowest BCUT2D eigenvalue weighted by molar-refractivity contribution is 0.480. The maximum atomic E-state index is 5.84. The van der Waals surface area contributed by atoms with Crippen molar-refractivity contribution in [3.05, 3.63) is 54.1 Å². The number of benzene rings is 2. The van der Waals surface area contributed by atoms with E-state index in [9.17, 15) is 0 Å². The van der Waals surface area contributed by atoms with Crippen molar-refractivity contribution in [3.8, 4) is 10.9 Å². The van der Waals surface area contributed by atoms with Crippen LogP contribution in [0.1, 0.15) is 31.7 Å². The number of nitrogens with zero attached hydrogens (tertiary/aromatic N) is 1. The summed E-state index contributed by atoms with van der Waals surface area (Å²) >= 11 is 1.57. The van der Waals surface area contributed by atoms with Crippen molar-refractivity contribution in [1.82, 2.24) is 4.98 Å². The predicted octanol–water partition coefficient (Wildman–Crippen LogP) is 5.60. The molecule has 0 aliphatic heterocycles. The van der Waals surface area contributed by atoms with Crippen LogP contribution < -0.4 is 4.74 Å². The Kier molecular flexibility index (Phi) is 3.70. The summed E-state index contributed by atoms with van der Waals surface area (Å²) in [4.78, 5) is 4.48. The molecular weight excluding hydrogens is 266 g/mol. The van der Waals surface area contributed by atoms with Gasteiger partial charge in [0.1, 0.15) is 5.75 Å². The molecule has 1 atom stereocenters. The fourth-order valence-corrected chi connectivity index (χ4v) is 2.93. The third kappa shape index (κ3) is 2.68. The first-order valence-electron chi connectivity index (χ1n) is 6.89. The van der Waals surface area contributed by atoms with Gasteiger partial charge in [-0.25, -0.2) is 4.98 Å². The highest BCUT2D eigenvalue weighted by Gasteiger charge is 2.06. The first-order chi connectivity index (χ1) is 9.76. The highest BCUT2D eigenvalue weighted by molar-refractivity contribution is 7.20. The Bertz CT molecular complexity index is 669. The summed E-state index contributed by atoms with van der Waals surface area (Å²) < 4.78 is 6.99. The summed E-state index contributed by atoms with van der Waals surface area (Å²) in [7, 11) is 0. The van der Waals surface area contributed by atoms with E-state index in [1.807, 2.05) is 30.3 Å². The highest BCUT2D eigenvalue weighted by atomic mass is 32.1. The summed E-state index contributed by atoms with van der Waals surface area (Å²) in [6, 6.07) is 16.4. The smallest absolute Gasteiger partial charge is 0.279 e. The van der Waals surface area contributed by atoms with Crippen LogP contribution in [0.25, 0.3) is 10.2 Å². The Morgan fingerprint density at radius 3 is 2.55 bits per heavy atom. The Hall–Kier alpha value is -1.87. The molecular formula is C17H17NOS. The minimum atomic E-state index is 0.589. The van der Waals surface area contributed by atoms with Gasteiger partial charge < -0.3 is 4.74 Å². The van der Waals surface area contributed by atoms with Crippen molar-refractivity contribution in [2.24, 2.45) is 0 Å². The molecule has 102 valence electrons. The van der Waals surface area contributed by atoms with Gasteiger partial charge in [0.15, 0.2) is 0 Å². The maximum Gasteiger partial charge on any atom is 0.279 e. The largest absolute Gasteiger partial charge is 0.431 e. The van der Waals surface area contributed by atoms with E-state index >= 15 is 0 Å². The fraction of sp³-hybridized carbons (Fsp3) is 0.235. The number of thiazole rings is 1. The molecule has 1 unspecified atom stereocenters. The first-order valence-corrected chi connectivity index (χ1v) is 7.71. The summed E-state index contributed by atoms with van der Waals surface area (Å²) in [6.07, 6.45) is 1.15. The highest BCUT2D eigenvalue weighted by Crippen LogP contribution is 2.31. The third-order valence-electron chi connectivity index (χ3n) is 3.54. The van der Waals surface area contributed by atoms with Crippen LogP contribution in [0, 0.1) is 0 Å². The second-order valence-electron chi connectivity index (χ2n) is 4.93. The van der Waals surface area contributed by atoms with Gasteiger partial charge >= 0.3 is 0 Å². The van der Waals surface area contributed by atoms with Crippen molar-refractivity contribution in [1.29, 1.82) is 0 Å². The van der Waals surface area contributed by atoms with Crippen LogP contribution in [0.4, 0.5) is 0 Å². The molecule has 2 aromatic carbocycles. The third-order valence-corrected chi connectivity index (χ3v) is 4.46. The molecule has 0 aliphatic carbocycles. The average Bonchev–Trinajstić information content (AvgIpc) is 2.89. The molecule has 0 saturated carbocycles. The van der Waals surface area contributed by atoms with Crippen LogP contribution in [-0.2, 0) is 0 Å². The van der Waals surface area contributed by atoms with Crippen LogP contribution in [0.15, 0.2) is 48.5 Å². The topological polar surface area (TPSA) is 22.1 Å². The number of fused-ring (bicyclic) bond motifs is 1. The van der Waals surface area contributed by atoms with Crippen molar-refractivity contribution in [2.75, 3.05) is 0 Å². The Balaban J connectivity index is 1.80. The van der Waals surface area contributed by atoms with Gasteiger partial charge in [-0.05, 0) is 42.2 Å². The van der Waals surface area contributed by atoms with Gasteiger partial charge in [0.2, 0.25) is 0 Å². The minimum Gasteiger partial charge on any atom is -0.431 e. The molecule has 0 amide bonds. The monoisotopic (exact) mass is 283 g/mol. The van der Waals surface area contributed by atoms with Crippen LogP contribution >= 0.6 is 11.3 Å². The average molecular weight is 283 g/mol. The molecule has 3 heteroatoms. The normalized spacial score (nSPS) is 12.5. The number of hydrogen-bond donors (Lipinski definition) is 0. The van der Waals surface area contributed by atoms with Gasteiger partial charge in [0.05, 0.1) is 10.2 Å². The van der Waals surface area contributed by atoms with Crippen LogP contribution in [0.3, 0.4) is 0 Å². The zero-order chi connectivity index (χ0) is 13.9. The minimum absolute atomic E-state index is 0.589.